The fourth-order valence-corrected chi connectivity index (χ4v) is 2.61. The lowest BCUT2D eigenvalue weighted by Crippen LogP contribution is -2.25. The van der Waals surface area contributed by atoms with Crippen LogP contribution < -0.4 is 11.1 Å². The molecule has 1 atom stereocenters. The largest absolute Gasteiger partial charge is 0.352 e. The molecule has 132 valence electrons. The Balaban J connectivity index is 0.00000242. The lowest BCUT2D eigenvalue weighted by Gasteiger charge is -2.14. The molecule has 1 heterocycles. The molecule has 1 aliphatic rings. The summed E-state index contributed by atoms with van der Waals surface area (Å²) >= 11 is 0. The van der Waals surface area contributed by atoms with Gasteiger partial charge < -0.3 is 11.1 Å². The maximum absolute atomic E-state index is 11.6. The first-order chi connectivity index (χ1) is 10.1. The van der Waals surface area contributed by atoms with Crippen molar-refractivity contribution in [1.82, 2.24) is 10.2 Å². The Morgan fingerprint density at radius 2 is 1.74 bits per heavy atom. The van der Waals surface area contributed by atoms with Gasteiger partial charge in [0.15, 0.2) is 0 Å². The summed E-state index contributed by atoms with van der Waals surface area (Å²) in [5, 5.41) is 2.94. The highest BCUT2D eigenvalue weighted by atomic mass is 35.5. The van der Waals surface area contributed by atoms with E-state index >= 15 is 0 Å². The van der Waals surface area contributed by atoms with E-state index in [4.69, 9.17) is 5.73 Å². The molecule has 0 radical (unpaired) electrons. The van der Waals surface area contributed by atoms with Gasteiger partial charge in [0.05, 0.1) is 0 Å². The predicted octanol–water partition coefficient (Wildman–Crippen LogP) is 2.87. The van der Waals surface area contributed by atoms with Gasteiger partial charge in [-0.25, -0.2) is 0 Å². The third kappa shape index (κ3) is 8.56. The number of likely N-dealkylation sites (tertiary alicyclic amines) is 1. The number of halogens is 2. The van der Waals surface area contributed by atoms with Crippen molar-refractivity contribution >= 4 is 30.7 Å². The molecule has 1 aliphatic heterocycles. The van der Waals surface area contributed by atoms with Gasteiger partial charge in [-0.05, 0) is 50.4 Å². The number of benzene rings is 1. The summed E-state index contributed by atoms with van der Waals surface area (Å²) in [6, 6.07) is 8.64. The minimum Gasteiger partial charge on any atom is -0.352 e. The number of carbonyl (C=O) groups excluding carboxylic acids is 1. The van der Waals surface area contributed by atoms with E-state index in [0.717, 1.165) is 18.5 Å². The molecule has 4 nitrogen and oxygen atoms in total. The highest BCUT2D eigenvalue weighted by Gasteiger charge is 2.11. The molecule has 23 heavy (non-hydrogen) atoms. The second-order valence-corrected chi connectivity index (χ2v) is 6.09. The Morgan fingerprint density at radius 1 is 1.17 bits per heavy atom. The van der Waals surface area contributed by atoms with Gasteiger partial charge in [0.1, 0.15) is 0 Å². The molecule has 0 aromatic heterocycles. The summed E-state index contributed by atoms with van der Waals surface area (Å²) < 4.78 is 0. The second-order valence-electron chi connectivity index (χ2n) is 6.09. The first kappa shape index (κ1) is 22.2. The van der Waals surface area contributed by atoms with Crippen LogP contribution in [0.2, 0.25) is 0 Å². The topological polar surface area (TPSA) is 58.4 Å². The minimum absolute atomic E-state index is 0. The number of hydrogen-bond donors (Lipinski definition) is 2. The van der Waals surface area contributed by atoms with Crippen LogP contribution in [0, 0.1) is 0 Å². The van der Waals surface area contributed by atoms with E-state index in [9.17, 15) is 4.79 Å². The van der Waals surface area contributed by atoms with Gasteiger partial charge in [0.25, 0.3) is 0 Å². The number of carbonyl (C=O) groups is 1. The van der Waals surface area contributed by atoms with Crippen LogP contribution in [0.25, 0.3) is 0 Å². The van der Waals surface area contributed by atoms with Gasteiger partial charge in [-0.15, -0.1) is 24.8 Å². The second kappa shape index (κ2) is 11.7. The van der Waals surface area contributed by atoms with Crippen molar-refractivity contribution in [2.24, 2.45) is 5.73 Å². The average molecular weight is 362 g/mol. The van der Waals surface area contributed by atoms with Gasteiger partial charge in [-0.3, -0.25) is 9.69 Å². The SMILES string of the molecule is CC(N)CCC(=O)NCc1ccc(CN2CCCC2)cc1.Cl.Cl. The number of nitrogens with zero attached hydrogens (tertiary/aromatic N) is 1. The molecule has 1 unspecified atom stereocenters. The van der Waals surface area contributed by atoms with Crippen molar-refractivity contribution in [3.05, 3.63) is 35.4 Å². The fourth-order valence-electron chi connectivity index (χ4n) is 2.61. The summed E-state index contributed by atoms with van der Waals surface area (Å²) in [5.41, 5.74) is 8.15. The number of amides is 1. The van der Waals surface area contributed by atoms with Crippen molar-refractivity contribution in [1.29, 1.82) is 0 Å². The van der Waals surface area contributed by atoms with Gasteiger partial charge >= 0.3 is 0 Å². The number of nitrogens with one attached hydrogen (secondary N) is 1. The van der Waals surface area contributed by atoms with E-state index in [1.54, 1.807) is 0 Å². The van der Waals surface area contributed by atoms with Crippen LogP contribution in [0.15, 0.2) is 24.3 Å². The molecule has 0 aliphatic carbocycles. The molecular formula is C17H29Cl2N3O. The van der Waals surface area contributed by atoms with Crippen LogP contribution in [0.3, 0.4) is 0 Å². The maximum atomic E-state index is 11.6. The normalized spacial score (nSPS) is 15.4. The van der Waals surface area contributed by atoms with Crippen LogP contribution in [-0.4, -0.2) is 29.9 Å². The molecule has 1 aromatic carbocycles. The lowest BCUT2D eigenvalue weighted by molar-refractivity contribution is -0.121. The quantitative estimate of drug-likeness (QED) is 0.784. The van der Waals surface area contributed by atoms with E-state index in [0.29, 0.717) is 13.0 Å². The first-order valence-electron chi connectivity index (χ1n) is 7.96. The molecule has 1 fully saturated rings. The third-order valence-electron chi connectivity index (χ3n) is 3.94. The van der Waals surface area contributed by atoms with Crippen LogP contribution in [0.5, 0.6) is 0 Å². The van der Waals surface area contributed by atoms with Crippen molar-refractivity contribution < 1.29 is 4.79 Å². The molecule has 3 N–H and O–H groups in total. The summed E-state index contributed by atoms with van der Waals surface area (Å²) in [6.45, 7) is 6.00. The fraction of sp³-hybridized carbons (Fsp3) is 0.588. The predicted molar refractivity (Wildman–Crippen MR) is 100 cm³/mol. The maximum Gasteiger partial charge on any atom is 0.220 e. The van der Waals surface area contributed by atoms with Crippen LogP contribution in [0.4, 0.5) is 0 Å². The summed E-state index contributed by atoms with van der Waals surface area (Å²) in [5.74, 6) is 0.0773. The van der Waals surface area contributed by atoms with E-state index in [1.807, 2.05) is 6.92 Å². The summed E-state index contributed by atoms with van der Waals surface area (Å²) in [7, 11) is 0. The minimum atomic E-state index is 0. The monoisotopic (exact) mass is 361 g/mol. The molecule has 1 amide bonds. The molecule has 0 spiro atoms. The summed E-state index contributed by atoms with van der Waals surface area (Å²) in [4.78, 5) is 14.1. The van der Waals surface area contributed by atoms with Gasteiger partial charge in [-0.1, -0.05) is 24.3 Å². The lowest BCUT2D eigenvalue weighted by atomic mass is 10.1. The van der Waals surface area contributed by atoms with Gasteiger partial charge in [0.2, 0.25) is 5.91 Å². The Bertz CT molecular complexity index is 446. The highest BCUT2D eigenvalue weighted by molar-refractivity contribution is 5.85. The molecule has 1 aromatic rings. The molecule has 0 saturated carbocycles. The van der Waals surface area contributed by atoms with E-state index in [1.165, 1.54) is 31.5 Å². The zero-order valence-electron chi connectivity index (χ0n) is 13.8. The highest BCUT2D eigenvalue weighted by Crippen LogP contribution is 2.13. The van der Waals surface area contributed by atoms with Crippen molar-refractivity contribution in [3.63, 3.8) is 0 Å². The Labute approximate surface area is 152 Å². The van der Waals surface area contributed by atoms with E-state index in [2.05, 4.69) is 34.5 Å². The first-order valence-corrected chi connectivity index (χ1v) is 7.96. The molecule has 0 bridgehead atoms. The number of rotatable bonds is 7. The Hall–Kier alpha value is -0.810. The molecular weight excluding hydrogens is 333 g/mol. The van der Waals surface area contributed by atoms with Crippen molar-refractivity contribution in [3.8, 4) is 0 Å². The standard InChI is InChI=1S/C17H27N3O.2ClH/c1-14(18)4-9-17(21)19-12-15-5-7-16(8-6-15)13-20-10-2-3-11-20;;/h5-8,14H,2-4,9-13,18H2,1H3,(H,19,21);2*1H. The zero-order valence-corrected chi connectivity index (χ0v) is 15.4. The van der Waals surface area contributed by atoms with Crippen molar-refractivity contribution in [2.45, 2.75) is 51.7 Å². The smallest absolute Gasteiger partial charge is 0.220 e. The van der Waals surface area contributed by atoms with E-state index in [-0.39, 0.29) is 36.8 Å². The van der Waals surface area contributed by atoms with Crippen molar-refractivity contribution in [2.75, 3.05) is 13.1 Å². The Morgan fingerprint density at radius 3 is 2.30 bits per heavy atom. The number of hydrogen-bond acceptors (Lipinski definition) is 3. The molecule has 6 heteroatoms. The van der Waals surface area contributed by atoms with Gasteiger partial charge in [0, 0.05) is 25.6 Å². The summed E-state index contributed by atoms with van der Waals surface area (Å²) in [6.07, 6.45) is 3.89. The average Bonchev–Trinajstić information content (AvgIpc) is 2.97. The number of nitrogens with two attached hydrogens (primary N) is 1. The van der Waals surface area contributed by atoms with E-state index < -0.39 is 0 Å². The van der Waals surface area contributed by atoms with Crippen LogP contribution in [-0.2, 0) is 17.9 Å². The molecule has 1 saturated heterocycles. The van der Waals surface area contributed by atoms with Crippen LogP contribution in [0.1, 0.15) is 43.7 Å². The third-order valence-corrected chi connectivity index (χ3v) is 3.94. The zero-order chi connectivity index (χ0) is 15.1. The Kier molecular flexibility index (Phi) is 11.3. The molecule has 2 rings (SSSR count). The van der Waals surface area contributed by atoms with Crippen LogP contribution >= 0.6 is 24.8 Å². The van der Waals surface area contributed by atoms with Gasteiger partial charge in [-0.2, -0.15) is 0 Å².